The zero-order valence-electron chi connectivity index (χ0n) is 14.0. The van der Waals surface area contributed by atoms with Crippen LogP contribution in [0.5, 0.6) is 0 Å². The summed E-state index contributed by atoms with van der Waals surface area (Å²) >= 11 is 0. The van der Waals surface area contributed by atoms with E-state index in [0.29, 0.717) is 0 Å². The number of benzene rings is 3. The van der Waals surface area contributed by atoms with Crippen molar-refractivity contribution < 1.29 is 26.9 Å². The van der Waals surface area contributed by atoms with Crippen molar-refractivity contribution in [3.63, 3.8) is 0 Å². The third-order valence-corrected chi connectivity index (χ3v) is 4.22. The number of rotatable bonds is 3. The maximum absolute atomic E-state index is 14.2. The van der Waals surface area contributed by atoms with Crippen molar-refractivity contribution in [3.05, 3.63) is 90.2 Å². The molecule has 132 valence electrons. The fourth-order valence-corrected chi connectivity index (χ4v) is 2.87. The Labute approximate surface area is 155 Å². The van der Waals surface area contributed by atoms with Gasteiger partial charge in [-0.2, -0.15) is 0 Å². The summed E-state index contributed by atoms with van der Waals surface area (Å²) in [6.45, 7) is 0. The fourth-order valence-electron chi connectivity index (χ4n) is 2.87. The largest absolute Gasteiger partial charge is 0.470 e. The summed E-state index contributed by atoms with van der Waals surface area (Å²) in [5.41, 5.74) is 0.343. The van der Waals surface area contributed by atoms with Crippen LogP contribution in [0.3, 0.4) is 0 Å². The van der Waals surface area contributed by atoms with E-state index in [2.05, 4.69) is 0 Å². The van der Waals surface area contributed by atoms with E-state index in [4.69, 9.17) is 13.7 Å². The summed E-state index contributed by atoms with van der Waals surface area (Å²) in [5, 5.41) is 0. The normalized spacial score (nSPS) is 14.6. The van der Waals surface area contributed by atoms with E-state index in [1.165, 1.54) is 54.6 Å². The van der Waals surface area contributed by atoms with E-state index >= 15 is 0 Å². The summed E-state index contributed by atoms with van der Waals surface area (Å²) in [7, 11) is -3.60. The van der Waals surface area contributed by atoms with Gasteiger partial charge in [-0.05, 0) is 18.2 Å². The standard InChI is InChI=1S/C18H12B3F3O3/c22-16-10-4-1-7-13(16)19-25-20(14-8-2-5-11-17(14)23)27-21(26-19)15-9-3-6-12-18(15)24/h1-12H. The molecule has 27 heavy (non-hydrogen) atoms. The van der Waals surface area contributed by atoms with E-state index in [1.54, 1.807) is 18.2 Å². The SMILES string of the molecule is Fc1ccccc1B1OB(c2ccccc2F)OB(c2ccccc2F)O1. The van der Waals surface area contributed by atoms with Gasteiger partial charge < -0.3 is 13.7 Å². The van der Waals surface area contributed by atoms with E-state index < -0.39 is 38.8 Å². The molecule has 3 aromatic carbocycles. The van der Waals surface area contributed by atoms with Crippen LogP contribution in [0.1, 0.15) is 0 Å². The van der Waals surface area contributed by atoms with E-state index in [0.717, 1.165) is 0 Å². The monoisotopic (exact) mass is 366 g/mol. The predicted molar refractivity (Wildman–Crippen MR) is 98.6 cm³/mol. The Morgan fingerprint density at radius 2 is 0.704 bits per heavy atom. The van der Waals surface area contributed by atoms with Crippen LogP contribution in [-0.4, -0.2) is 21.4 Å². The Balaban J connectivity index is 1.74. The van der Waals surface area contributed by atoms with Crippen molar-refractivity contribution >= 4 is 37.7 Å². The Morgan fingerprint density at radius 1 is 0.444 bits per heavy atom. The highest BCUT2D eigenvalue weighted by Crippen LogP contribution is 2.13. The van der Waals surface area contributed by atoms with Crippen molar-refractivity contribution in [1.82, 2.24) is 0 Å². The molecule has 1 heterocycles. The first kappa shape index (κ1) is 17.9. The van der Waals surface area contributed by atoms with Crippen LogP contribution in [0.2, 0.25) is 0 Å². The fraction of sp³-hybridized carbons (Fsp3) is 0. The first-order valence-electron chi connectivity index (χ1n) is 8.33. The quantitative estimate of drug-likeness (QED) is 0.661. The van der Waals surface area contributed by atoms with Crippen molar-refractivity contribution in [1.29, 1.82) is 0 Å². The van der Waals surface area contributed by atoms with Crippen molar-refractivity contribution in [2.45, 2.75) is 0 Å². The van der Waals surface area contributed by atoms with Gasteiger partial charge in [-0.1, -0.05) is 54.6 Å². The molecule has 0 spiro atoms. The summed E-state index contributed by atoms with van der Waals surface area (Å²) in [6.07, 6.45) is 0. The molecule has 3 aromatic rings. The maximum Gasteiger partial charge on any atom is 0.470 e. The molecular formula is C18H12B3F3O3. The van der Waals surface area contributed by atoms with Gasteiger partial charge in [0.15, 0.2) is 0 Å². The van der Waals surface area contributed by atoms with Crippen molar-refractivity contribution in [2.75, 3.05) is 0 Å². The van der Waals surface area contributed by atoms with Gasteiger partial charge in [-0.25, -0.2) is 13.2 Å². The predicted octanol–water partition coefficient (Wildman–Crippen LogP) is 1.65. The molecule has 1 aliphatic heterocycles. The second-order valence-corrected chi connectivity index (χ2v) is 5.97. The van der Waals surface area contributed by atoms with Crippen LogP contribution in [0.4, 0.5) is 13.2 Å². The molecule has 0 unspecified atom stereocenters. The Morgan fingerprint density at radius 3 is 0.963 bits per heavy atom. The average molecular weight is 366 g/mol. The number of hydrogen-bond acceptors (Lipinski definition) is 3. The van der Waals surface area contributed by atoms with Gasteiger partial charge in [0.1, 0.15) is 17.5 Å². The molecule has 0 bridgehead atoms. The first-order valence-corrected chi connectivity index (χ1v) is 8.33. The molecule has 1 fully saturated rings. The molecule has 0 saturated carbocycles. The topological polar surface area (TPSA) is 27.7 Å². The van der Waals surface area contributed by atoms with Crippen LogP contribution in [0.15, 0.2) is 72.8 Å². The second kappa shape index (κ2) is 7.64. The van der Waals surface area contributed by atoms with Gasteiger partial charge in [0.2, 0.25) is 0 Å². The third-order valence-electron chi connectivity index (χ3n) is 4.22. The highest BCUT2D eigenvalue weighted by Gasteiger charge is 2.45. The van der Waals surface area contributed by atoms with E-state index in [-0.39, 0.29) is 16.4 Å². The molecule has 3 nitrogen and oxygen atoms in total. The Kier molecular flexibility index (Phi) is 5.07. The smallest absolute Gasteiger partial charge is 0.444 e. The van der Waals surface area contributed by atoms with Crippen LogP contribution >= 0.6 is 0 Å². The molecule has 0 aliphatic carbocycles. The van der Waals surface area contributed by atoms with Gasteiger partial charge in [0, 0.05) is 16.4 Å². The average Bonchev–Trinajstić information content (AvgIpc) is 2.69. The molecule has 4 rings (SSSR count). The lowest BCUT2D eigenvalue weighted by Gasteiger charge is -2.31. The summed E-state index contributed by atoms with van der Waals surface area (Å²) in [5.74, 6) is -1.66. The maximum atomic E-state index is 14.2. The Hall–Kier alpha value is -2.48. The molecular weight excluding hydrogens is 354 g/mol. The van der Waals surface area contributed by atoms with Crippen LogP contribution in [0, 0.1) is 17.5 Å². The minimum Gasteiger partial charge on any atom is -0.444 e. The van der Waals surface area contributed by atoms with Gasteiger partial charge >= 0.3 is 21.4 Å². The summed E-state index contributed by atoms with van der Waals surface area (Å²) in [4.78, 5) is 0. The molecule has 9 heteroatoms. The number of halogens is 3. The zero-order chi connectivity index (χ0) is 18.8. The first-order chi connectivity index (χ1) is 13.1. The van der Waals surface area contributed by atoms with Crippen LogP contribution in [0.25, 0.3) is 0 Å². The van der Waals surface area contributed by atoms with Crippen molar-refractivity contribution in [3.8, 4) is 0 Å². The number of hydrogen-bond donors (Lipinski definition) is 0. The molecule has 0 radical (unpaired) electrons. The van der Waals surface area contributed by atoms with Gasteiger partial charge in [0.05, 0.1) is 0 Å². The highest BCUT2D eigenvalue weighted by molar-refractivity contribution is 6.87. The summed E-state index contributed by atoms with van der Waals surface area (Å²) in [6, 6.07) is 17.7. The minimum absolute atomic E-state index is 0.114. The molecule has 1 aliphatic rings. The second-order valence-electron chi connectivity index (χ2n) is 5.97. The zero-order valence-corrected chi connectivity index (χ0v) is 14.0. The van der Waals surface area contributed by atoms with E-state index in [1.807, 2.05) is 0 Å². The van der Waals surface area contributed by atoms with Crippen LogP contribution in [-0.2, 0) is 13.7 Å². The lowest BCUT2D eigenvalue weighted by Crippen LogP contribution is -2.62. The van der Waals surface area contributed by atoms with Gasteiger partial charge in [0.25, 0.3) is 0 Å². The van der Waals surface area contributed by atoms with Gasteiger partial charge in [-0.3, -0.25) is 0 Å². The molecule has 0 atom stereocenters. The summed E-state index contributed by atoms with van der Waals surface area (Å²) < 4.78 is 59.7. The molecule has 0 N–H and O–H groups in total. The van der Waals surface area contributed by atoms with Crippen molar-refractivity contribution in [2.24, 2.45) is 0 Å². The Bertz CT molecular complexity index is 831. The third kappa shape index (κ3) is 3.67. The minimum atomic E-state index is -1.20. The molecule has 1 saturated heterocycles. The lowest BCUT2D eigenvalue weighted by atomic mass is 9.61. The highest BCUT2D eigenvalue weighted by atomic mass is 19.1. The van der Waals surface area contributed by atoms with Gasteiger partial charge in [-0.15, -0.1) is 0 Å². The lowest BCUT2D eigenvalue weighted by molar-refractivity contribution is 0.306. The van der Waals surface area contributed by atoms with E-state index in [9.17, 15) is 13.2 Å². The van der Waals surface area contributed by atoms with Crippen LogP contribution < -0.4 is 16.4 Å². The molecule has 0 amide bonds. The molecule has 0 aromatic heterocycles.